The first-order valence-corrected chi connectivity index (χ1v) is 9.01. The van der Waals surface area contributed by atoms with Gasteiger partial charge in [-0.2, -0.15) is 0 Å². The van der Waals surface area contributed by atoms with E-state index in [0.29, 0.717) is 11.7 Å². The van der Waals surface area contributed by atoms with Gasteiger partial charge >= 0.3 is 5.97 Å². The van der Waals surface area contributed by atoms with Crippen molar-refractivity contribution in [3.05, 3.63) is 70.8 Å². The summed E-state index contributed by atoms with van der Waals surface area (Å²) in [5.41, 5.74) is 4.49. The molecule has 4 nitrogen and oxygen atoms in total. The highest BCUT2D eigenvalue weighted by molar-refractivity contribution is 5.85. The smallest absolute Gasteiger partial charge is 0.328 e. The van der Waals surface area contributed by atoms with Crippen LogP contribution in [0, 0.1) is 5.92 Å². The highest BCUT2D eigenvalue weighted by Gasteiger charge is 2.29. The lowest BCUT2D eigenvalue weighted by molar-refractivity contribution is -0.131. The fourth-order valence-electron chi connectivity index (χ4n) is 3.68. The number of aromatic hydroxyl groups is 1. The first-order valence-electron chi connectivity index (χ1n) is 9.01. The molecule has 1 aliphatic rings. The van der Waals surface area contributed by atoms with E-state index < -0.39 is 5.97 Å². The molecule has 4 heteroatoms. The Morgan fingerprint density at radius 2 is 1.96 bits per heavy atom. The number of fused-ring (bicyclic) bond motifs is 1. The maximum absolute atomic E-state index is 10.7. The van der Waals surface area contributed by atoms with E-state index >= 15 is 0 Å². The number of phenolic OH excluding ortho intramolecular Hbond substituents is 1. The zero-order valence-electron chi connectivity index (χ0n) is 15.2. The number of rotatable bonds is 5. The zero-order valence-corrected chi connectivity index (χ0v) is 15.2. The van der Waals surface area contributed by atoms with Gasteiger partial charge in [-0.1, -0.05) is 44.2 Å². The van der Waals surface area contributed by atoms with Gasteiger partial charge in [-0.3, -0.25) is 4.90 Å². The summed E-state index contributed by atoms with van der Waals surface area (Å²) in [6.07, 6.45) is 3.69. The fourth-order valence-corrected chi connectivity index (χ4v) is 3.68. The second kappa shape index (κ2) is 7.75. The predicted molar refractivity (Wildman–Crippen MR) is 103 cm³/mol. The monoisotopic (exact) mass is 351 g/mol. The third-order valence-corrected chi connectivity index (χ3v) is 4.72. The number of nitrogens with zero attached hydrogens (tertiary/aromatic N) is 1. The summed E-state index contributed by atoms with van der Waals surface area (Å²) in [7, 11) is 0. The standard InChI is InChI=1S/C22H25NO3/c1-15(2)14-23-12-11-18-13-19(24)8-9-20(18)22(23)17-6-3-16(4-7-17)5-10-21(25)26/h3-10,13,15,22,24H,11-12,14H2,1-2H3,(H,25,26)/b10-5+/t22-/m0/s1. The molecule has 1 heterocycles. The highest BCUT2D eigenvalue weighted by atomic mass is 16.4. The SMILES string of the molecule is CC(C)CN1CCc2cc(O)ccc2[C@@H]1c1ccc(/C=C/C(=O)O)cc1. The minimum Gasteiger partial charge on any atom is -0.508 e. The van der Waals surface area contributed by atoms with Gasteiger partial charge in [-0.05, 0) is 52.8 Å². The maximum Gasteiger partial charge on any atom is 0.328 e. The van der Waals surface area contributed by atoms with Crippen molar-refractivity contribution in [1.82, 2.24) is 4.90 Å². The predicted octanol–water partition coefficient (Wildman–Crippen LogP) is 4.09. The Balaban J connectivity index is 1.96. The highest BCUT2D eigenvalue weighted by Crippen LogP contribution is 2.37. The average Bonchev–Trinajstić information content (AvgIpc) is 2.60. The third-order valence-electron chi connectivity index (χ3n) is 4.72. The molecule has 0 aliphatic carbocycles. The maximum atomic E-state index is 10.7. The van der Waals surface area contributed by atoms with Crippen LogP contribution in [0.5, 0.6) is 5.75 Å². The molecule has 0 radical (unpaired) electrons. The van der Waals surface area contributed by atoms with Gasteiger partial charge in [0.25, 0.3) is 0 Å². The second-order valence-electron chi connectivity index (χ2n) is 7.26. The molecule has 136 valence electrons. The number of carboxylic acid groups (broad SMARTS) is 1. The topological polar surface area (TPSA) is 60.8 Å². The van der Waals surface area contributed by atoms with E-state index in [1.165, 1.54) is 16.7 Å². The molecule has 2 aromatic rings. The van der Waals surface area contributed by atoms with E-state index in [1.54, 1.807) is 12.1 Å². The normalized spacial score (nSPS) is 17.6. The Bertz CT molecular complexity index is 809. The van der Waals surface area contributed by atoms with Crippen LogP contribution in [-0.2, 0) is 11.2 Å². The molecule has 2 aromatic carbocycles. The van der Waals surface area contributed by atoms with E-state index in [2.05, 4.69) is 30.9 Å². The second-order valence-corrected chi connectivity index (χ2v) is 7.26. The van der Waals surface area contributed by atoms with Crippen molar-refractivity contribution in [2.75, 3.05) is 13.1 Å². The van der Waals surface area contributed by atoms with E-state index in [-0.39, 0.29) is 6.04 Å². The summed E-state index contributed by atoms with van der Waals surface area (Å²) in [6, 6.07) is 13.9. The van der Waals surface area contributed by atoms with Crippen molar-refractivity contribution < 1.29 is 15.0 Å². The van der Waals surface area contributed by atoms with E-state index in [1.807, 2.05) is 24.3 Å². The third kappa shape index (κ3) is 4.14. The van der Waals surface area contributed by atoms with E-state index in [4.69, 9.17) is 5.11 Å². The van der Waals surface area contributed by atoms with Crippen LogP contribution in [0.4, 0.5) is 0 Å². The van der Waals surface area contributed by atoms with Crippen molar-refractivity contribution in [3.63, 3.8) is 0 Å². The van der Waals surface area contributed by atoms with E-state index in [0.717, 1.165) is 31.1 Å². The average molecular weight is 351 g/mol. The lowest BCUT2D eigenvalue weighted by Gasteiger charge is -2.38. The van der Waals surface area contributed by atoms with Crippen LogP contribution < -0.4 is 0 Å². The number of benzene rings is 2. The van der Waals surface area contributed by atoms with Crippen LogP contribution >= 0.6 is 0 Å². The van der Waals surface area contributed by atoms with Gasteiger partial charge in [0.15, 0.2) is 0 Å². The Labute approximate surface area is 154 Å². The lowest BCUT2D eigenvalue weighted by atomic mass is 9.87. The molecule has 0 saturated heterocycles. The van der Waals surface area contributed by atoms with Crippen LogP contribution in [0.2, 0.25) is 0 Å². The summed E-state index contributed by atoms with van der Waals surface area (Å²) in [5, 5.41) is 18.6. The van der Waals surface area contributed by atoms with Gasteiger partial charge in [-0.15, -0.1) is 0 Å². The van der Waals surface area contributed by atoms with Gasteiger partial charge in [0, 0.05) is 19.2 Å². The molecule has 0 saturated carbocycles. The van der Waals surface area contributed by atoms with Crippen molar-refractivity contribution >= 4 is 12.0 Å². The first-order chi connectivity index (χ1) is 12.4. The van der Waals surface area contributed by atoms with Gasteiger partial charge in [0.2, 0.25) is 0 Å². The number of carboxylic acids is 1. The number of carbonyl (C=O) groups is 1. The van der Waals surface area contributed by atoms with Crippen LogP contribution in [0.15, 0.2) is 48.5 Å². The van der Waals surface area contributed by atoms with Crippen molar-refractivity contribution in [2.45, 2.75) is 26.3 Å². The molecule has 1 aliphatic heterocycles. The van der Waals surface area contributed by atoms with Crippen LogP contribution in [0.1, 0.15) is 42.1 Å². The molecule has 26 heavy (non-hydrogen) atoms. The Morgan fingerprint density at radius 3 is 2.62 bits per heavy atom. The van der Waals surface area contributed by atoms with Gasteiger partial charge in [0.05, 0.1) is 6.04 Å². The van der Waals surface area contributed by atoms with Gasteiger partial charge in [-0.25, -0.2) is 4.79 Å². The van der Waals surface area contributed by atoms with Crippen LogP contribution in [-0.4, -0.2) is 34.2 Å². The Morgan fingerprint density at radius 1 is 1.23 bits per heavy atom. The quantitative estimate of drug-likeness (QED) is 0.797. The van der Waals surface area contributed by atoms with Gasteiger partial charge in [0.1, 0.15) is 5.75 Å². The molecule has 1 atom stereocenters. The molecular weight excluding hydrogens is 326 g/mol. The van der Waals surface area contributed by atoms with Gasteiger partial charge < -0.3 is 10.2 Å². The number of phenols is 1. The molecule has 0 aromatic heterocycles. The first kappa shape index (κ1) is 18.2. The zero-order chi connectivity index (χ0) is 18.7. The Hall–Kier alpha value is -2.59. The van der Waals surface area contributed by atoms with Crippen LogP contribution in [0.25, 0.3) is 6.08 Å². The minimum atomic E-state index is -0.946. The number of hydrogen-bond donors (Lipinski definition) is 2. The minimum absolute atomic E-state index is 0.152. The number of hydrogen-bond acceptors (Lipinski definition) is 3. The molecule has 0 fully saturated rings. The molecule has 0 spiro atoms. The van der Waals surface area contributed by atoms with Crippen molar-refractivity contribution in [3.8, 4) is 5.75 Å². The largest absolute Gasteiger partial charge is 0.508 e. The lowest BCUT2D eigenvalue weighted by Crippen LogP contribution is -2.38. The summed E-state index contributed by atoms with van der Waals surface area (Å²) >= 11 is 0. The molecule has 0 bridgehead atoms. The molecular formula is C22H25NO3. The Kier molecular flexibility index (Phi) is 5.43. The van der Waals surface area contributed by atoms with E-state index in [9.17, 15) is 9.90 Å². The summed E-state index contributed by atoms with van der Waals surface area (Å²) in [6.45, 7) is 6.41. The van der Waals surface area contributed by atoms with Crippen molar-refractivity contribution in [1.29, 1.82) is 0 Å². The number of aliphatic carboxylic acids is 1. The van der Waals surface area contributed by atoms with Crippen LogP contribution in [0.3, 0.4) is 0 Å². The fraction of sp³-hybridized carbons (Fsp3) is 0.318. The molecule has 0 amide bonds. The molecule has 0 unspecified atom stereocenters. The summed E-state index contributed by atoms with van der Waals surface area (Å²) < 4.78 is 0. The molecule has 3 rings (SSSR count). The van der Waals surface area contributed by atoms with Crippen molar-refractivity contribution in [2.24, 2.45) is 5.92 Å². The summed E-state index contributed by atoms with van der Waals surface area (Å²) in [5.74, 6) is -0.0684. The molecule has 2 N–H and O–H groups in total. The summed E-state index contributed by atoms with van der Waals surface area (Å²) in [4.78, 5) is 13.2.